The molecule has 0 amide bonds. The van der Waals surface area contributed by atoms with E-state index < -0.39 is 8.80 Å². The van der Waals surface area contributed by atoms with Crippen molar-refractivity contribution in [1.82, 2.24) is 0 Å². The first kappa shape index (κ1) is 10.3. The zero-order valence-corrected chi connectivity index (χ0v) is 11.6. The van der Waals surface area contributed by atoms with Gasteiger partial charge in [0.05, 0.1) is 5.38 Å². The molecule has 0 bridgehead atoms. The summed E-state index contributed by atoms with van der Waals surface area (Å²) in [5, 5.41) is 1.22. The van der Waals surface area contributed by atoms with E-state index >= 15 is 0 Å². The second-order valence-electron chi connectivity index (χ2n) is 3.32. The van der Waals surface area contributed by atoms with Crippen molar-refractivity contribution in [2.24, 2.45) is 0 Å². The van der Waals surface area contributed by atoms with Crippen LogP contribution in [0.1, 0.15) is 5.56 Å². The summed E-state index contributed by atoms with van der Waals surface area (Å²) in [7, 11) is 0.0156. The van der Waals surface area contributed by atoms with Crippen LogP contribution < -0.4 is 0 Å². The van der Waals surface area contributed by atoms with E-state index in [2.05, 4.69) is 43.4 Å². The van der Waals surface area contributed by atoms with E-state index in [9.17, 15) is 0 Å². The zero-order chi connectivity index (χ0) is 9.68. The van der Waals surface area contributed by atoms with Crippen LogP contribution in [0.2, 0.25) is 13.1 Å². The van der Waals surface area contributed by atoms with Gasteiger partial charge in [0, 0.05) is 0 Å². The summed E-state index contributed by atoms with van der Waals surface area (Å²) in [6.45, 7) is 4.57. The molecule has 0 atom stereocenters. The lowest BCUT2D eigenvalue weighted by Crippen LogP contribution is -2.07. The lowest BCUT2D eigenvalue weighted by atomic mass is 10.2. The summed E-state index contributed by atoms with van der Waals surface area (Å²) in [4.78, 5) is 0. The molecule has 0 aliphatic heterocycles. The molecule has 0 aromatic heterocycles. The van der Waals surface area contributed by atoms with E-state index in [-0.39, 0.29) is 0 Å². The Bertz CT molecular complexity index is 280. The van der Waals surface area contributed by atoms with Gasteiger partial charge in [-0.3, -0.25) is 0 Å². The number of hydrogen-bond donors (Lipinski definition) is 0. The summed E-state index contributed by atoms with van der Waals surface area (Å²) in [5.74, 6) is 0. The fourth-order valence-electron chi connectivity index (χ4n) is 1.17. The Kier molecular flexibility index (Phi) is 3.98. The Labute approximate surface area is 84.6 Å². The third kappa shape index (κ3) is 3.20. The third-order valence-electron chi connectivity index (χ3n) is 1.91. The molecule has 0 fully saturated rings. The molecule has 0 aliphatic carbocycles. The molecule has 1 nitrogen and oxygen atoms in total. The Morgan fingerprint density at radius 2 is 1.92 bits per heavy atom. The van der Waals surface area contributed by atoms with Crippen molar-refractivity contribution >= 4 is 25.4 Å². The summed E-state index contributed by atoms with van der Waals surface area (Å²) < 4.78 is 5.48. The van der Waals surface area contributed by atoms with Gasteiger partial charge in [-0.25, -0.2) is 0 Å². The van der Waals surface area contributed by atoms with Crippen LogP contribution in [0.5, 0.6) is 0 Å². The quantitative estimate of drug-likeness (QED) is 0.538. The maximum absolute atomic E-state index is 5.48. The summed E-state index contributed by atoms with van der Waals surface area (Å²) >= 11 is 0. The molecule has 0 aliphatic rings. The Balaban J connectivity index is 2.85. The first-order chi connectivity index (χ1) is 6.24. The highest BCUT2D eigenvalue weighted by Gasteiger charge is 2.02. The van der Waals surface area contributed by atoms with Crippen LogP contribution in [-0.2, 0) is 4.43 Å². The number of rotatable bonds is 3. The van der Waals surface area contributed by atoms with Crippen molar-refractivity contribution in [2.75, 3.05) is 0 Å². The van der Waals surface area contributed by atoms with Gasteiger partial charge in [0.1, 0.15) is 8.80 Å². The smallest absolute Gasteiger partial charge is 0.203 e. The molecule has 0 heterocycles. The highest BCUT2D eigenvalue weighted by atomic mass is 28.3. The average Bonchev–Trinajstić information content (AvgIpc) is 2.15. The molecule has 0 N–H and O–H groups in total. The lowest BCUT2D eigenvalue weighted by molar-refractivity contribution is 0.513. The summed E-state index contributed by atoms with van der Waals surface area (Å²) in [5.41, 5.74) is 1.24. The standard InChI is InChI=1S/C10H16OSi2/c1-13(2)10(11-12)8-9-6-4-3-5-7-9/h3-8,13H,1-2,12H3. The monoisotopic (exact) mass is 208 g/mol. The molecule has 13 heavy (non-hydrogen) atoms. The highest BCUT2D eigenvalue weighted by molar-refractivity contribution is 6.64. The molecule has 70 valence electrons. The van der Waals surface area contributed by atoms with Crippen LogP contribution >= 0.6 is 0 Å². The number of hydrogen-bond acceptors (Lipinski definition) is 1. The maximum Gasteiger partial charge on any atom is 0.203 e. The van der Waals surface area contributed by atoms with Crippen LogP contribution in [0.4, 0.5) is 0 Å². The first-order valence-electron chi connectivity index (χ1n) is 4.54. The fourth-order valence-corrected chi connectivity index (χ4v) is 3.70. The molecular weight excluding hydrogens is 192 g/mol. The molecule has 3 heteroatoms. The van der Waals surface area contributed by atoms with Crippen molar-refractivity contribution in [1.29, 1.82) is 0 Å². The van der Waals surface area contributed by atoms with E-state index in [4.69, 9.17) is 4.43 Å². The second-order valence-corrected chi connectivity index (χ2v) is 6.60. The van der Waals surface area contributed by atoms with Crippen molar-refractivity contribution in [3.63, 3.8) is 0 Å². The van der Waals surface area contributed by atoms with Gasteiger partial charge in [-0.05, 0) is 11.6 Å². The van der Waals surface area contributed by atoms with Gasteiger partial charge in [0.2, 0.25) is 10.5 Å². The van der Waals surface area contributed by atoms with Gasteiger partial charge in [-0.15, -0.1) is 0 Å². The molecule has 1 aromatic carbocycles. The summed E-state index contributed by atoms with van der Waals surface area (Å²) in [6.07, 6.45) is 2.17. The Morgan fingerprint density at radius 1 is 1.31 bits per heavy atom. The minimum atomic E-state index is -0.782. The second kappa shape index (κ2) is 5.04. The molecule has 0 saturated heterocycles. The minimum absolute atomic E-state index is 0.782. The van der Waals surface area contributed by atoms with Gasteiger partial charge < -0.3 is 4.43 Å². The Morgan fingerprint density at radius 3 is 2.38 bits per heavy atom. The lowest BCUT2D eigenvalue weighted by Gasteiger charge is -2.09. The highest BCUT2D eigenvalue weighted by Crippen LogP contribution is 2.09. The molecule has 1 aromatic rings. The van der Waals surface area contributed by atoms with E-state index in [1.165, 1.54) is 10.9 Å². The van der Waals surface area contributed by atoms with Crippen LogP contribution in [0.15, 0.2) is 35.7 Å². The SMILES string of the molecule is C[SiH](C)C(=Cc1ccccc1)O[SiH3]. The van der Waals surface area contributed by atoms with Gasteiger partial charge in [0.25, 0.3) is 0 Å². The molecule has 0 radical (unpaired) electrons. The maximum atomic E-state index is 5.48. The predicted octanol–water partition coefficient (Wildman–Crippen LogP) is 1.35. The van der Waals surface area contributed by atoms with Crippen molar-refractivity contribution in [2.45, 2.75) is 13.1 Å². The van der Waals surface area contributed by atoms with Gasteiger partial charge in [-0.1, -0.05) is 43.4 Å². The number of benzene rings is 1. The average molecular weight is 208 g/mol. The fraction of sp³-hybridized carbons (Fsp3) is 0.200. The molecule has 0 spiro atoms. The zero-order valence-electron chi connectivity index (χ0n) is 8.45. The first-order valence-corrected chi connectivity index (χ1v) is 8.25. The van der Waals surface area contributed by atoms with E-state index in [0.717, 1.165) is 10.5 Å². The van der Waals surface area contributed by atoms with Crippen LogP contribution in [0.25, 0.3) is 6.08 Å². The topological polar surface area (TPSA) is 9.23 Å². The van der Waals surface area contributed by atoms with Gasteiger partial charge >= 0.3 is 0 Å². The predicted molar refractivity (Wildman–Crippen MR) is 64.3 cm³/mol. The summed E-state index contributed by atoms with van der Waals surface area (Å²) in [6, 6.07) is 10.4. The Hall–Kier alpha value is -0.806. The van der Waals surface area contributed by atoms with E-state index in [1.54, 1.807) is 0 Å². The van der Waals surface area contributed by atoms with Crippen molar-refractivity contribution < 1.29 is 4.43 Å². The van der Waals surface area contributed by atoms with Gasteiger partial charge in [-0.2, -0.15) is 0 Å². The normalized spacial score (nSPS) is 12.1. The third-order valence-corrected chi connectivity index (χ3v) is 4.40. The molecule has 0 saturated carbocycles. The van der Waals surface area contributed by atoms with E-state index in [0.29, 0.717) is 0 Å². The minimum Gasteiger partial charge on any atom is -0.560 e. The van der Waals surface area contributed by atoms with Crippen molar-refractivity contribution in [3.05, 3.63) is 41.3 Å². The van der Waals surface area contributed by atoms with Crippen LogP contribution in [-0.4, -0.2) is 19.3 Å². The van der Waals surface area contributed by atoms with Crippen LogP contribution in [0.3, 0.4) is 0 Å². The molecular formula is C10H16OSi2. The van der Waals surface area contributed by atoms with E-state index in [1.807, 2.05) is 6.07 Å². The van der Waals surface area contributed by atoms with Crippen LogP contribution in [0, 0.1) is 0 Å². The largest absolute Gasteiger partial charge is 0.560 e. The molecule has 1 rings (SSSR count). The van der Waals surface area contributed by atoms with Gasteiger partial charge in [0.15, 0.2) is 0 Å². The molecule has 0 unspecified atom stereocenters. The van der Waals surface area contributed by atoms with Crippen molar-refractivity contribution in [3.8, 4) is 0 Å².